The number of aliphatic imine (C=N–C) groups is 1. The van der Waals surface area contributed by atoms with Crippen LogP contribution in [0.3, 0.4) is 0 Å². The molecular weight excluding hydrogens is 231 g/mol. The van der Waals surface area contributed by atoms with E-state index in [9.17, 15) is 18.3 Å². The first kappa shape index (κ1) is 10.6. The molecule has 15 heavy (non-hydrogen) atoms. The number of thiophene rings is 1. The van der Waals surface area contributed by atoms with Gasteiger partial charge in [-0.2, -0.15) is 13.2 Å². The Balaban J connectivity index is 2.26. The van der Waals surface area contributed by atoms with E-state index in [4.69, 9.17) is 0 Å². The van der Waals surface area contributed by atoms with E-state index in [1.165, 1.54) is 11.3 Å². The Morgan fingerprint density at radius 1 is 1.47 bits per heavy atom. The topological polar surface area (TPSA) is 41.8 Å². The molecule has 3 nitrogen and oxygen atoms in total. The van der Waals surface area contributed by atoms with Gasteiger partial charge in [-0.1, -0.05) is 6.07 Å². The smallest absolute Gasteiger partial charge is 0.363 e. The molecule has 0 spiro atoms. The van der Waals surface area contributed by atoms with Gasteiger partial charge in [0.25, 0.3) is 0 Å². The van der Waals surface area contributed by atoms with Crippen LogP contribution < -0.4 is 0 Å². The van der Waals surface area contributed by atoms with Gasteiger partial charge < -0.3 is 9.84 Å². The minimum absolute atomic E-state index is 0.0627. The van der Waals surface area contributed by atoms with Crippen molar-refractivity contribution in [2.45, 2.75) is 18.7 Å². The maximum Gasteiger partial charge on any atom is 0.435 e. The highest BCUT2D eigenvalue weighted by atomic mass is 32.1. The lowest BCUT2D eigenvalue weighted by molar-refractivity contribution is -0.236. The molecule has 0 amide bonds. The minimum Gasteiger partial charge on any atom is -0.363 e. The van der Waals surface area contributed by atoms with Gasteiger partial charge >= 0.3 is 6.18 Å². The highest BCUT2D eigenvalue weighted by Gasteiger charge is 2.46. The van der Waals surface area contributed by atoms with Gasteiger partial charge in [0.1, 0.15) is 5.71 Å². The summed E-state index contributed by atoms with van der Waals surface area (Å²) in [6.07, 6.45) is -8.44. The molecule has 82 valence electrons. The number of hydrogen-bond donors (Lipinski definition) is 1. The Labute approximate surface area is 86.8 Å². The van der Waals surface area contributed by atoms with Gasteiger partial charge in [0.2, 0.25) is 12.5 Å². The fraction of sp³-hybridized carbons (Fsp3) is 0.375. The van der Waals surface area contributed by atoms with Crippen LogP contribution in [0, 0.1) is 0 Å². The van der Waals surface area contributed by atoms with E-state index in [0.29, 0.717) is 4.88 Å². The third-order valence-corrected chi connectivity index (χ3v) is 2.69. The molecule has 0 bridgehead atoms. The molecule has 0 saturated carbocycles. The summed E-state index contributed by atoms with van der Waals surface area (Å²) >= 11 is 1.20. The van der Waals surface area contributed by atoms with Gasteiger partial charge in [0.05, 0.1) is 4.88 Å². The first-order chi connectivity index (χ1) is 6.98. The SMILES string of the molecule is OC1OC(C(F)(F)F)N=C1c1cccs1. The van der Waals surface area contributed by atoms with Gasteiger partial charge in [-0.05, 0) is 11.4 Å². The van der Waals surface area contributed by atoms with Crippen molar-refractivity contribution in [3.8, 4) is 0 Å². The summed E-state index contributed by atoms with van der Waals surface area (Å²) in [4.78, 5) is 3.79. The predicted molar refractivity (Wildman–Crippen MR) is 47.8 cm³/mol. The fourth-order valence-corrected chi connectivity index (χ4v) is 1.90. The van der Waals surface area contributed by atoms with E-state index in [1.54, 1.807) is 17.5 Å². The standard InChI is InChI=1S/C8H6F3NO2S/c9-8(10,11)7-12-5(6(13)14-7)4-2-1-3-15-4/h1-3,6-7,13H. The van der Waals surface area contributed by atoms with E-state index < -0.39 is 18.7 Å². The maximum atomic E-state index is 12.2. The normalized spacial score (nSPS) is 26.8. The molecule has 2 rings (SSSR count). The fourth-order valence-electron chi connectivity index (χ4n) is 1.17. The van der Waals surface area contributed by atoms with Crippen molar-refractivity contribution in [1.82, 2.24) is 0 Å². The van der Waals surface area contributed by atoms with Crippen LogP contribution >= 0.6 is 11.3 Å². The Kier molecular flexibility index (Phi) is 2.53. The molecular formula is C8H6F3NO2S. The molecule has 0 aromatic carbocycles. The average molecular weight is 237 g/mol. The molecule has 1 aromatic rings. The molecule has 0 saturated heterocycles. The largest absolute Gasteiger partial charge is 0.435 e. The highest BCUT2D eigenvalue weighted by Crippen LogP contribution is 2.30. The van der Waals surface area contributed by atoms with Crippen molar-refractivity contribution in [3.63, 3.8) is 0 Å². The van der Waals surface area contributed by atoms with Crippen molar-refractivity contribution in [1.29, 1.82) is 0 Å². The Bertz CT molecular complexity index is 374. The number of nitrogens with zero attached hydrogens (tertiary/aromatic N) is 1. The van der Waals surface area contributed by atoms with Crippen LogP contribution in [0.2, 0.25) is 0 Å². The highest BCUT2D eigenvalue weighted by molar-refractivity contribution is 7.12. The Hall–Kier alpha value is -0.920. The lowest BCUT2D eigenvalue weighted by Crippen LogP contribution is -2.29. The monoisotopic (exact) mass is 237 g/mol. The second kappa shape index (κ2) is 3.58. The van der Waals surface area contributed by atoms with Crippen molar-refractivity contribution in [3.05, 3.63) is 22.4 Å². The van der Waals surface area contributed by atoms with Crippen LogP contribution in [-0.4, -0.2) is 29.5 Å². The molecule has 2 unspecified atom stereocenters. The van der Waals surface area contributed by atoms with Gasteiger partial charge in [0, 0.05) is 0 Å². The summed E-state index contributed by atoms with van der Waals surface area (Å²) in [5.41, 5.74) is -0.0627. The first-order valence-electron chi connectivity index (χ1n) is 4.00. The number of ether oxygens (including phenoxy) is 1. The van der Waals surface area contributed by atoms with Crippen LogP contribution in [0.1, 0.15) is 4.88 Å². The Morgan fingerprint density at radius 3 is 2.67 bits per heavy atom. The first-order valence-corrected chi connectivity index (χ1v) is 4.88. The van der Waals surface area contributed by atoms with Gasteiger partial charge in [-0.25, -0.2) is 4.99 Å². The summed E-state index contributed by atoms with van der Waals surface area (Å²) < 4.78 is 40.9. The van der Waals surface area contributed by atoms with Gasteiger partial charge in [-0.3, -0.25) is 0 Å². The van der Waals surface area contributed by atoms with Gasteiger partial charge in [-0.15, -0.1) is 11.3 Å². The van der Waals surface area contributed by atoms with Crippen LogP contribution in [0.15, 0.2) is 22.5 Å². The average Bonchev–Trinajstić information content (AvgIpc) is 2.69. The number of aliphatic hydroxyl groups is 1. The zero-order valence-electron chi connectivity index (χ0n) is 7.23. The number of halogens is 3. The van der Waals surface area contributed by atoms with Crippen LogP contribution in [0.5, 0.6) is 0 Å². The van der Waals surface area contributed by atoms with Crippen molar-refractivity contribution in [2.75, 3.05) is 0 Å². The number of alkyl halides is 3. The Morgan fingerprint density at radius 2 is 2.20 bits per heavy atom. The molecule has 7 heteroatoms. The van der Waals surface area contributed by atoms with E-state index in [-0.39, 0.29) is 5.71 Å². The molecule has 2 atom stereocenters. The maximum absolute atomic E-state index is 12.2. The molecule has 2 heterocycles. The summed E-state index contributed by atoms with van der Waals surface area (Å²) in [5, 5.41) is 10.9. The van der Waals surface area contributed by atoms with Gasteiger partial charge in [0.15, 0.2) is 0 Å². The number of aliphatic hydroxyl groups excluding tert-OH is 1. The van der Waals surface area contributed by atoms with Crippen molar-refractivity contribution in [2.24, 2.45) is 4.99 Å². The zero-order valence-corrected chi connectivity index (χ0v) is 8.05. The summed E-state index contributed by atoms with van der Waals surface area (Å²) in [5.74, 6) is 0. The van der Waals surface area contributed by atoms with E-state index in [0.717, 1.165) is 0 Å². The minimum atomic E-state index is -4.58. The molecule has 1 aliphatic rings. The van der Waals surface area contributed by atoms with Crippen molar-refractivity contribution < 1.29 is 23.0 Å². The molecule has 1 N–H and O–H groups in total. The van der Waals surface area contributed by atoms with Crippen LogP contribution in [0.4, 0.5) is 13.2 Å². The third-order valence-electron chi connectivity index (χ3n) is 1.80. The second-order valence-electron chi connectivity index (χ2n) is 2.87. The lowest BCUT2D eigenvalue weighted by Gasteiger charge is -2.11. The molecule has 0 radical (unpaired) electrons. The van der Waals surface area contributed by atoms with Crippen LogP contribution in [0.25, 0.3) is 0 Å². The van der Waals surface area contributed by atoms with Crippen LogP contribution in [-0.2, 0) is 4.74 Å². The van der Waals surface area contributed by atoms with Crippen molar-refractivity contribution >= 4 is 17.0 Å². The quantitative estimate of drug-likeness (QED) is 0.808. The summed E-state index contributed by atoms with van der Waals surface area (Å²) in [6.45, 7) is 0. The summed E-state index contributed by atoms with van der Waals surface area (Å²) in [7, 11) is 0. The number of hydrogen-bond acceptors (Lipinski definition) is 4. The number of rotatable bonds is 1. The van der Waals surface area contributed by atoms with E-state index >= 15 is 0 Å². The summed E-state index contributed by atoms with van der Waals surface area (Å²) in [6, 6.07) is 3.24. The van der Waals surface area contributed by atoms with E-state index in [2.05, 4.69) is 9.73 Å². The third kappa shape index (κ3) is 2.04. The molecule has 0 fully saturated rings. The molecule has 1 aliphatic heterocycles. The molecule has 1 aromatic heterocycles. The second-order valence-corrected chi connectivity index (χ2v) is 3.82. The molecule has 0 aliphatic carbocycles. The zero-order chi connectivity index (χ0) is 11.1. The lowest BCUT2D eigenvalue weighted by atomic mass is 10.3. The predicted octanol–water partition coefficient (Wildman–Crippen LogP) is 1.77. The van der Waals surface area contributed by atoms with E-state index in [1.807, 2.05) is 0 Å².